The normalized spacial score (nSPS) is 13.1. The molecule has 1 aliphatic heterocycles. The number of esters is 1. The number of aromatic nitrogens is 2. The van der Waals surface area contributed by atoms with E-state index in [1.165, 1.54) is 29.2 Å². The fraction of sp³-hybridized carbons (Fsp3) is 0.214. The molecule has 0 unspecified atom stereocenters. The first-order valence-electron chi connectivity index (χ1n) is 6.83. The fourth-order valence-electron chi connectivity index (χ4n) is 2.39. The first-order chi connectivity index (χ1) is 11.0. The summed E-state index contributed by atoms with van der Waals surface area (Å²) in [5, 5.41) is 17.1. The number of non-ortho nitro benzene ring substituents is 1. The Morgan fingerprint density at radius 3 is 2.74 bits per heavy atom. The number of hydrogen-bond acceptors (Lipinski definition) is 6. The first kappa shape index (κ1) is 14.7. The van der Waals surface area contributed by atoms with Gasteiger partial charge in [-0.25, -0.2) is 4.79 Å². The molecule has 2 aromatic rings. The molecule has 2 heterocycles. The number of fused-ring (bicyclic) bond motifs is 1. The number of benzene rings is 1. The minimum absolute atomic E-state index is 0.0639. The molecular weight excluding hydrogens is 304 g/mol. The third-order valence-electron chi connectivity index (χ3n) is 3.48. The summed E-state index contributed by atoms with van der Waals surface area (Å²) in [7, 11) is 0. The lowest BCUT2D eigenvalue weighted by Crippen LogP contribution is -2.24. The van der Waals surface area contributed by atoms with E-state index >= 15 is 0 Å². The molecule has 0 atom stereocenters. The van der Waals surface area contributed by atoms with E-state index in [0.717, 1.165) is 0 Å². The van der Waals surface area contributed by atoms with Crippen molar-refractivity contribution in [3.63, 3.8) is 0 Å². The van der Waals surface area contributed by atoms with Gasteiger partial charge in [-0.15, -0.1) is 0 Å². The molecule has 118 valence electrons. The quantitative estimate of drug-likeness (QED) is 0.520. The van der Waals surface area contributed by atoms with Gasteiger partial charge in [0.25, 0.3) is 11.6 Å². The summed E-state index contributed by atoms with van der Waals surface area (Å²) in [6.45, 7) is 2.05. The van der Waals surface area contributed by atoms with Gasteiger partial charge in [0.05, 0.1) is 18.1 Å². The zero-order chi connectivity index (χ0) is 16.6. The van der Waals surface area contributed by atoms with Crippen LogP contribution in [0.25, 0.3) is 0 Å². The average molecular weight is 316 g/mol. The lowest BCUT2D eigenvalue weighted by atomic mass is 10.2. The van der Waals surface area contributed by atoms with Crippen molar-refractivity contribution in [2.45, 2.75) is 13.5 Å². The second-order valence-electron chi connectivity index (χ2n) is 4.81. The monoisotopic (exact) mass is 316 g/mol. The SMILES string of the molecule is CCOC(=O)c1[nH]nc2c1CN(c1ccc([N+](=O)[O-])cc1)C2=O. The van der Waals surface area contributed by atoms with E-state index in [1.54, 1.807) is 6.92 Å². The maximum absolute atomic E-state index is 12.4. The van der Waals surface area contributed by atoms with Crippen molar-refractivity contribution in [1.29, 1.82) is 0 Å². The number of hydrogen-bond donors (Lipinski definition) is 1. The van der Waals surface area contributed by atoms with E-state index in [2.05, 4.69) is 10.2 Å². The van der Waals surface area contributed by atoms with E-state index in [1.807, 2.05) is 0 Å². The standard InChI is InChI=1S/C14H12N4O5/c1-2-23-14(20)12-10-7-17(13(19)11(10)15-16-12)8-3-5-9(6-4-8)18(21)22/h3-6H,2,7H2,1H3,(H,15,16). The number of carbonyl (C=O) groups excluding carboxylic acids is 2. The summed E-state index contributed by atoms with van der Waals surface area (Å²) in [5.74, 6) is -0.944. The smallest absolute Gasteiger partial charge is 0.356 e. The minimum atomic E-state index is -0.570. The van der Waals surface area contributed by atoms with Crippen LogP contribution in [0.3, 0.4) is 0 Å². The van der Waals surface area contributed by atoms with Crippen LogP contribution in [0.4, 0.5) is 11.4 Å². The summed E-state index contributed by atoms with van der Waals surface area (Å²) in [5.41, 5.74) is 1.21. The van der Waals surface area contributed by atoms with Crippen molar-refractivity contribution in [3.05, 3.63) is 51.3 Å². The van der Waals surface area contributed by atoms with E-state index in [-0.39, 0.29) is 36.1 Å². The maximum atomic E-state index is 12.4. The van der Waals surface area contributed by atoms with E-state index in [4.69, 9.17) is 4.74 Å². The number of amides is 1. The van der Waals surface area contributed by atoms with Crippen LogP contribution in [0, 0.1) is 10.1 Å². The van der Waals surface area contributed by atoms with Crippen LogP contribution >= 0.6 is 0 Å². The van der Waals surface area contributed by atoms with E-state index in [0.29, 0.717) is 11.3 Å². The zero-order valence-electron chi connectivity index (χ0n) is 12.1. The molecule has 0 radical (unpaired) electrons. The van der Waals surface area contributed by atoms with Crippen LogP contribution in [0.15, 0.2) is 24.3 Å². The van der Waals surface area contributed by atoms with Gasteiger partial charge >= 0.3 is 5.97 Å². The van der Waals surface area contributed by atoms with Gasteiger partial charge in [-0.1, -0.05) is 0 Å². The molecule has 0 spiro atoms. The van der Waals surface area contributed by atoms with Gasteiger partial charge in [-0.3, -0.25) is 20.0 Å². The molecule has 0 saturated heterocycles. The predicted molar refractivity (Wildman–Crippen MR) is 78.2 cm³/mol. The molecule has 0 bridgehead atoms. The van der Waals surface area contributed by atoms with Gasteiger partial charge in [0.15, 0.2) is 5.69 Å². The van der Waals surface area contributed by atoms with Gasteiger partial charge in [-0.2, -0.15) is 5.10 Å². The molecule has 0 aliphatic carbocycles. The van der Waals surface area contributed by atoms with Crippen LogP contribution in [0.1, 0.15) is 33.5 Å². The molecule has 0 saturated carbocycles. The number of nitrogens with zero attached hydrogens (tertiary/aromatic N) is 3. The molecule has 1 amide bonds. The fourth-order valence-corrected chi connectivity index (χ4v) is 2.39. The number of nitro groups is 1. The summed E-state index contributed by atoms with van der Waals surface area (Å²) in [6, 6.07) is 5.60. The third kappa shape index (κ3) is 2.41. The zero-order valence-corrected chi connectivity index (χ0v) is 12.1. The molecule has 1 aromatic heterocycles. The molecule has 9 heteroatoms. The number of carbonyl (C=O) groups is 2. The molecule has 1 aliphatic rings. The highest BCUT2D eigenvalue weighted by Gasteiger charge is 2.36. The lowest BCUT2D eigenvalue weighted by molar-refractivity contribution is -0.384. The summed E-state index contributed by atoms with van der Waals surface area (Å²) < 4.78 is 4.91. The van der Waals surface area contributed by atoms with Crippen molar-refractivity contribution >= 4 is 23.3 Å². The third-order valence-corrected chi connectivity index (χ3v) is 3.48. The van der Waals surface area contributed by atoms with Crippen LogP contribution in [-0.4, -0.2) is 33.6 Å². The van der Waals surface area contributed by atoms with E-state index in [9.17, 15) is 19.7 Å². The van der Waals surface area contributed by atoms with Crippen molar-refractivity contribution in [1.82, 2.24) is 10.2 Å². The van der Waals surface area contributed by atoms with Crippen molar-refractivity contribution in [2.75, 3.05) is 11.5 Å². The number of ether oxygens (including phenoxy) is 1. The number of nitrogens with one attached hydrogen (secondary N) is 1. The first-order valence-corrected chi connectivity index (χ1v) is 6.83. The highest BCUT2D eigenvalue weighted by molar-refractivity contribution is 6.10. The second-order valence-corrected chi connectivity index (χ2v) is 4.81. The summed E-state index contributed by atoms with van der Waals surface area (Å²) >= 11 is 0. The minimum Gasteiger partial charge on any atom is -0.461 e. The molecule has 3 rings (SSSR count). The molecule has 1 N–H and O–H groups in total. The molecular formula is C14H12N4O5. The summed E-state index contributed by atoms with van der Waals surface area (Å²) in [4.78, 5) is 35.8. The number of H-pyrrole nitrogens is 1. The van der Waals surface area contributed by atoms with Crippen LogP contribution in [-0.2, 0) is 11.3 Å². The number of aromatic amines is 1. The van der Waals surface area contributed by atoms with Crippen molar-refractivity contribution in [2.24, 2.45) is 0 Å². The Bertz CT molecular complexity index is 796. The number of anilines is 1. The molecule has 23 heavy (non-hydrogen) atoms. The average Bonchev–Trinajstić information content (AvgIpc) is 3.08. The lowest BCUT2D eigenvalue weighted by Gasteiger charge is -2.15. The van der Waals surface area contributed by atoms with Gasteiger partial charge in [0.1, 0.15) is 5.69 Å². The van der Waals surface area contributed by atoms with Crippen LogP contribution in [0.5, 0.6) is 0 Å². The molecule has 0 fully saturated rings. The Labute approximate surface area is 130 Å². The van der Waals surface area contributed by atoms with E-state index < -0.39 is 10.9 Å². The number of nitro benzene ring substituents is 1. The van der Waals surface area contributed by atoms with Crippen LogP contribution < -0.4 is 4.90 Å². The Morgan fingerprint density at radius 1 is 1.43 bits per heavy atom. The topological polar surface area (TPSA) is 118 Å². The van der Waals surface area contributed by atoms with Gasteiger partial charge in [0.2, 0.25) is 0 Å². The van der Waals surface area contributed by atoms with Crippen molar-refractivity contribution in [3.8, 4) is 0 Å². The highest BCUT2D eigenvalue weighted by Crippen LogP contribution is 2.30. The molecule has 1 aromatic carbocycles. The Balaban J connectivity index is 1.88. The van der Waals surface area contributed by atoms with Gasteiger partial charge in [-0.05, 0) is 19.1 Å². The highest BCUT2D eigenvalue weighted by atomic mass is 16.6. The number of rotatable bonds is 4. The Morgan fingerprint density at radius 2 is 2.13 bits per heavy atom. The molecule has 9 nitrogen and oxygen atoms in total. The second kappa shape index (κ2) is 5.52. The maximum Gasteiger partial charge on any atom is 0.356 e. The largest absolute Gasteiger partial charge is 0.461 e. The Kier molecular flexibility index (Phi) is 3.53. The van der Waals surface area contributed by atoms with Gasteiger partial charge < -0.3 is 9.64 Å². The van der Waals surface area contributed by atoms with Crippen molar-refractivity contribution < 1.29 is 19.2 Å². The summed E-state index contributed by atoms with van der Waals surface area (Å²) in [6.07, 6.45) is 0. The Hall–Kier alpha value is -3.23. The van der Waals surface area contributed by atoms with Crippen LogP contribution in [0.2, 0.25) is 0 Å². The van der Waals surface area contributed by atoms with Gasteiger partial charge in [0, 0.05) is 23.4 Å². The predicted octanol–water partition coefficient (Wildman–Crippen LogP) is 1.66.